The first-order chi connectivity index (χ1) is 14.4. The second-order valence-corrected chi connectivity index (χ2v) is 8.74. The standard InChI is InChI=1S/C22H20N4O3S/c1-13-9-10-17-16(11-13)22(21(29)23-17)25(18(27)12-30-22)19-14(2)24(3)26(20(19)28)15-7-5-4-6-8-15/h4-11H,12H2,1-3H3,(H,23,29)/t22-/m0/s1. The molecule has 3 aromatic rings. The molecule has 8 heteroatoms. The molecule has 152 valence electrons. The largest absolute Gasteiger partial charge is 0.323 e. The van der Waals surface area contributed by atoms with E-state index in [4.69, 9.17) is 0 Å². The van der Waals surface area contributed by atoms with Crippen molar-refractivity contribution in [3.63, 3.8) is 0 Å². The molecule has 0 bridgehead atoms. The van der Waals surface area contributed by atoms with Gasteiger partial charge in [0.05, 0.1) is 17.1 Å². The van der Waals surface area contributed by atoms with Crippen LogP contribution in [0.4, 0.5) is 11.4 Å². The fourth-order valence-electron chi connectivity index (χ4n) is 4.31. The molecule has 1 saturated heterocycles. The number of nitrogens with one attached hydrogen (secondary N) is 1. The molecule has 0 unspecified atom stereocenters. The lowest BCUT2D eigenvalue weighted by Crippen LogP contribution is -2.49. The highest BCUT2D eigenvalue weighted by atomic mass is 32.2. The molecule has 1 N–H and O–H groups in total. The van der Waals surface area contributed by atoms with Crippen LogP contribution in [0.5, 0.6) is 0 Å². The summed E-state index contributed by atoms with van der Waals surface area (Å²) in [7, 11) is 1.78. The van der Waals surface area contributed by atoms with Gasteiger partial charge >= 0.3 is 0 Å². The molecule has 0 saturated carbocycles. The number of hydrogen-bond donors (Lipinski definition) is 1. The Hall–Kier alpha value is -3.26. The Labute approximate surface area is 177 Å². The van der Waals surface area contributed by atoms with E-state index >= 15 is 0 Å². The van der Waals surface area contributed by atoms with Crippen molar-refractivity contribution in [1.82, 2.24) is 9.36 Å². The zero-order valence-corrected chi connectivity index (χ0v) is 17.6. The van der Waals surface area contributed by atoms with Crippen molar-refractivity contribution in [1.29, 1.82) is 0 Å². The van der Waals surface area contributed by atoms with Gasteiger partial charge in [-0.1, -0.05) is 35.9 Å². The first-order valence-corrected chi connectivity index (χ1v) is 10.6. The number of fused-ring (bicyclic) bond motifs is 2. The molecule has 3 heterocycles. The van der Waals surface area contributed by atoms with E-state index in [0.717, 1.165) is 11.1 Å². The number of rotatable bonds is 2. The Bertz CT molecular complexity index is 1280. The van der Waals surface area contributed by atoms with E-state index in [-0.39, 0.29) is 28.8 Å². The van der Waals surface area contributed by atoms with Crippen LogP contribution in [0.25, 0.3) is 5.69 Å². The molecule has 1 aromatic heterocycles. The second-order valence-electron chi connectivity index (χ2n) is 7.58. The van der Waals surface area contributed by atoms with Gasteiger partial charge in [0.25, 0.3) is 11.5 Å². The Morgan fingerprint density at radius 3 is 2.50 bits per heavy atom. The maximum absolute atomic E-state index is 13.6. The van der Waals surface area contributed by atoms with Crippen molar-refractivity contribution in [3.8, 4) is 5.69 Å². The van der Waals surface area contributed by atoms with Crippen LogP contribution in [-0.2, 0) is 21.5 Å². The molecule has 2 aromatic carbocycles. The lowest BCUT2D eigenvalue weighted by Gasteiger charge is -2.31. The molecule has 7 nitrogen and oxygen atoms in total. The van der Waals surface area contributed by atoms with Gasteiger partial charge in [0.15, 0.2) is 0 Å². The van der Waals surface area contributed by atoms with Gasteiger partial charge < -0.3 is 5.32 Å². The number of hydrogen-bond acceptors (Lipinski definition) is 4. The van der Waals surface area contributed by atoms with Crippen molar-refractivity contribution in [2.75, 3.05) is 16.0 Å². The molecule has 1 atom stereocenters. The minimum Gasteiger partial charge on any atom is -0.323 e. The third-order valence-corrected chi connectivity index (χ3v) is 7.21. The summed E-state index contributed by atoms with van der Waals surface area (Å²) in [5.41, 5.74) is 3.60. The normalized spacial score (nSPS) is 20.2. The van der Waals surface area contributed by atoms with Gasteiger partial charge in [-0.05, 0) is 32.0 Å². The molecular formula is C22H20N4O3S. The van der Waals surface area contributed by atoms with E-state index in [2.05, 4.69) is 5.32 Å². The molecule has 30 heavy (non-hydrogen) atoms. The number of thioether (sulfide) groups is 1. The number of carbonyl (C=O) groups is 2. The lowest BCUT2D eigenvalue weighted by atomic mass is 10.0. The second kappa shape index (κ2) is 6.37. The predicted octanol–water partition coefficient (Wildman–Crippen LogP) is 2.68. The Morgan fingerprint density at radius 1 is 1.03 bits per heavy atom. The zero-order chi connectivity index (χ0) is 21.2. The predicted molar refractivity (Wildman–Crippen MR) is 117 cm³/mol. The SMILES string of the molecule is Cc1ccc2c(c1)[C@]1(SCC(=O)N1c1c(C)n(C)n(-c3ccccc3)c1=O)C(=O)N2. The molecule has 1 spiro atoms. The number of aromatic nitrogens is 2. The fourth-order valence-corrected chi connectivity index (χ4v) is 5.60. The summed E-state index contributed by atoms with van der Waals surface area (Å²) in [6.07, 6.45) is 0. The summed E-state index contributed by atoms with van der Waals surface area (Å²) in [5, 5.41) is 2.90. The number of aryl methyl sites for hydroxylation is 1. The summed E-state index contributed by atoms with van der Waals surface area (Å²) >= 11 is 1.26. The van der Waals surface area contributed by atoms with Crippen molar-refractivity contribution in [2.24, 2.45) is 7.05 Å². The first kappa shape index (κ1) is 18.7. The minimum atomic E-state index is -1.28. The van der Waals surface area contributed by atoms with Crippen LogP contribution in [-0.4, -0.2) is 26.9 Å². The summed E-state index contributed by atoms with van der Waals surface area (Å²) in [6.45, 7) is 3.74. The molecule has 2 aliphatic heterocycles. The zero-order valence-electron chi connectivity index (χ0n) is 16.8. The first-order valence-electron chi connectivity index (χ1n) is 9.60. The highest BCUT2D eigenvalue weighted by Crippen LogP contribution is 2.53. The Kier molecular flexibility index (Phi) is 3.98. The van der Waals surface area contributed by atoms with E-state index in [1.165, 1.54) is 21.3 Å². The monoisotopic (exact) mass is 420 g/mol. The van der Waals surface area contributed by atoms with Crippen LogP contribution in [0.2, 0.25) is 0 Å². The topological polar surface area (TPSA) is 76.3 Å². The third kappa shape index (κ3) is 2.31. The molecule has 1 fully saturated rings. The number of nitrogens with zero attached hydrogens (tertiary/aromatic N) is 3. The average molecular weight is 420 g/mol. The molecular weight excluding hydrogens is 400 g/mol. The van der Waals surface area contributed by atoms with Gasteiger partial charge in [-0.2, -0.15) is 0 Å². The number of benzene rings is 2. The number of carbonyl (C=O) groups excluding carboxylic acids is 2. The van der Waals surface area contributed by atoms with Crippen molar-refractivity contribution >= 4 is 35.0 Å². The van der Waals surface area contributed by atoms with Gasteiger partial charge in [0.2, 0.25) is 10.8 Å². The van der Waals surface area contributed by atoms with Gasteiger partial charge in [-0.3, -0.25) is 24.0 Å². The van der Waals surface area contributed by atoms with Crippen LogP contribution in [0.1, 0.15) is 16.8 Å². The van der Waals surface area contributed by atoms with E-state index < -0.39 is 4.87 Å². The number of amides is 2. The van der Waals surface area contributed by atoms with Crippen LogP contribution < -0.4 is 15.8 Å². The van der Waals surface area contributed by atoms with Crippen LogP contribution in [0.15, 0.2) is 53.3 Å². The highest BCUT2D eigenvalue weighted by Gasteiger charge is 2.59. The van der Waals surface area contributed by atoms with Crippen LogP contribution in [0, 0.1) is 13.8 Å². The summed E-state index contributed by atoms with van der Waals surface area (Å²) in [6, 6.07) is 14.9. The third-order valence-electron chi connectivity index (χ3n) is 5.81. The van der Waals surface area contributed by atoms with E-state index in [0.29, 0.717) is 17.1 Å². The van der Waals surface area contributed by atoms with E-state index in [1.54, 1.807) is 18.7 Å². The molecule has 2 amide bonds. The number of anilines is 2. The Morgan fingerprint density at radius 2 is 1.77 bits per heavy atom. The van der Waals surface area contributed by atoms with Gasteiger partial charge in [-0.25, -0.2) is 4.68 Å². The molecule has 2 aliphatic rings. The lowest BCUT2D eigenvalue weighted by molar-refractivity contribution is -0.122. The minimum absolute atomic E-state index is 0.125. The average Bonchev–Trinajstić information content (AvgIpc) is 3.29. The quantitative estimate of drug-likeness (QED) is 0.692. The van der Waals surface area contributed by atoms with E-state index in [1.807, 2.05) is 55.5 Å². The Balaban J connectivity index is 1.78. The summed E-state index contributed by atoms with van der Waals surface area (Å²) in [5.74, 6) is -0.428. The molecule has 0 aliphatic carbocycles. The molecule has 0 radical (unpaired) electrons. The van der Waals surface area contributed by atoms with E-state index in [9.17, 15) is 14.4 Å². The summed E-state index contributed by atoms with van der Waals surface area (Å²) < 4.78 is 3.25. The number of para-hydroxylation sites is 1. The maximum atomic E-state index is 13.6. The fraction of sp³-hybridized carbons (Fsp3) is 0.227. The van der Waals surface area contributed by atoms with Crippen molar-refractivity contribution in [3.05, 3.63) is 75.7 Å². The van der Waals surface area contributed by atoms with Crippen molar-refractivity contribution in [2.45, 2.75) is 18.7 Å². The highest BCUT2D eigenvalue weighted by molar-refractivity contribution is 8.02. The smallest absolute Gasteiger partial charge is 0.295 e. The summed E-state index contributed by atoms with van der Waals surface area (Å²) in [4.78, 5) is 40.1. The van der Waals surface area contributed by atoms with Gasteiger partial charge in [-0.15, -0.1) is 11.8 Å². The van der Waals surface area contributed by atoms with Gasteiger partial charge in [0, 0.05) is 18.3 Å². The maximum Gasteiger partial charge on any atom is 0.295 e. The van der Waals surface area contributed by atoms with Crippen molar-refractivity contribution < 1.29 is 9.59 Å². The van der Waals surface area contributed by atoms with Gasteiger partial charge in [0.1, 0.15) is 5.69 Å². The molecule has 5 rings (SSSR count). The van der Waals surface area contributed by atoms with Crippen LogP contribution >= 0.6 is 11.8 Å². The van der Waals surface area contributed by atoms with Crippen LogP contribution in [0.3, 0.4) is 0 Å².